The first kappa shape index (κ1) is 10.3. The van der Waals surface area contributed by atoms with Crippen molar-refractivity contribution in [1.29, 1.82) is 0 Å². The molecule has 1 aliphatic carbocycles. The van der Waals surface area contributed by atoms with Crippen molar-refractivity contribution < 1.29 is 5.11 Å². The standard InChI is InChI=1S/C12H14N4O/c13-8-4-3-5-9-12(8)16(15-14-9)10-6-1-2-7-11(10)17/h1-2,6-8,17H,3-5,13H2. The maximum Gasteiger partial charge on any atom is 0.141 e. The molecule has 0 saturated carbocycles. The zero-order valence-electron chi connectivity index (χ0n) is 9.37. The van der Waals surface area contributed by atoms with E-state index in [4.69, 9.17) is 5.73 Å². The predicted molar refractivity (Wildman–Crippen MR) is 62.9 cm³/mol. The van der Waals surface area contributed by atoms with Gasteiger partial charge in [-0.25, -0.2) is 4.68 Å². The third-order valence-corrected chi connectivity index (χ3v) is 3.17. The van der Waals surface area contributed by atoms with Crippen molar-refractivity contribution >= 4 is 0 Å². The fraction of sp³-hybridized carbons (Fsp3) is 0.333. The lowest BCUT2D eigenvalue weighted by atomic mass is 9.96. The third-order valence-electron chi connectivity index (χ3n) is 3.17. The second kappa shape index (κ2) is 3.85. The normalized spacial score (nSPS) is 19.0. The van der Waals surface area contributed by atoms with Crippen LogP contribution in [0.3, 0.4) is 0 Å². The molecule has 5 heteroatoms. The lowest BCUT2D eigenvalue weighted by Gasteiger charge is -2.19. The number of phenols is 1. The molecule has 1 aliphatic rings. The van der Waals surface area contributed by atoms with Gasteiger partial charge in [-0.15, -0.1) is 5.10 Å². The summed E-state index contributed by atoms with van der Waals surface area (Å²) in [5, 5.41) is 18.1. The number of phenolic OH excluding ortho intramolecular Hbond substituents is 1. The van der Waals surface area contributed by atoms with E-state index in [-0.39, 0.29) is 11.8 Å². The van der Waals surface area contributed by atoms with E-state index < -0.39 is 0 Å². The second-order valence-corrected chi connectivity index (χ2v) is 4.32. The zero-order valence-corrected chi connectivity index (χ0v) is 9.37. The minimum absolute atomic E-state index is 0.0478. The molecule has 0 radical (unpaired) electrons. The first-order valence-electron chi connectivity index (χ1n) is 5.76. The number of fused-ring (bicyclic) bond motifs is 1. The van der Waals surface area contributed by atoms with Crippen LogP contribution in [0.5, 0.6) is 5.75 Å². The summed E-state index contributed by atoms with van der Waals surface area (Å²) < 4.78 is 1.66. The van der Waals surface area contributed by atoms with Gasteiger partial charge in [-0.3, -0.25) is 0 Å². The zero-order chi connectivity index (χ0) is 11.8. The van der Waals surface area contributed by atoms with Crippen LogP contribution in [0.4, 0.5) is 0 Å². The van der Waals surface area contributed by atoms with E-state index in [0.29, 0.717) is 5.69 Å². The second-order valence-electron chi connectivity index (χ2n) is 4.32. The topological polar surface area (TPSA) is 77.0 Å². The summed E-state index contributed by atoms with van der Waals surface area (Å²) in [5.41, 5.74) is 8.61. The lowest BCUT2D eigenvalue weighted by Crippen LogP contribution is -2.20. The molecule has 0 aliphatic heterocycles. The number of aryl methyl sites for hydroxylation is 1. The van der Waals surface area contributed by atoms with Crippen molar-refractivity contribution in [2.24, 2.45) is 5.73 Å². The number of nitrogens with two attached hydrogens (primary N) is 1. The minimum atomic E-state index is -0.0478. The summed E-state index contributed by atoms with van der Waals surface area (Å²) in [6, 6.07) is 7.04. The van der Waals surface area contributed by atoms with Crippen LogP contribution in [-0.2, 0) is 6.42 Å². The van der Waals surface area contributed by atoms with Crippen molar-refractivity contribution in [1.82, 2.24) is 15.0 Å². The fourth-order valence-electron chi connectivity index (χ4n) is 2.32. The van der Waals surface area contributed by atoms with Crippen LogP contribution in [0.2, 0.25) is 0 Å². The molecule has 2 aromatic rings. The molecule has 3 N–H and O–H groups in total. The Morgan fingerprint density at radius 3 is 3.00 bits per heavy atom. The first-order valence-corrected chi connectivity index (χ1v) is 5.76. The lowest BCUT2D eigenvalue weighted by molar-refractivity contribution is 0.466. The fourth-order valence-corrected chi connectivity index (χ4v) is 2.32. The molecule has 1 aromatic carbocycles. The van der Waals surface area contributed by atoms with Crippen molar-refractivity contribution in [3.05, 3.63) is 35.7 Å². The number of benzene rings is 1. The van der Waals surface area contributed by atoms with Gasteiger partial charge in [-0.2, -0.15) is 0 Å². The van der Waals surface area contributed by atoms with E-state index in [1.807, 2.05) is 12.1 Å². The largest absolute Gasteiger partial charge is 0.506 e. The van der Waals surface area contributed by atoms with Crippen LogP contribution in [0.1, 0.15) is 30.3 Å². The molecule has 3 rings (SSSR count). The van der Waals surface area contributed by atoms with E-state index >= 15 is 0 Å². The highest BCUT2D eigenvalue weighted by Gasteiger charge is 2.25. The van der Waals surface area contributed by atoms with E-state index in [9.17, 15) is 5.11 Å². The summed E-state index contributed by atoms with van der Waals surface area (Å²) in [6.07, 6.45) is 2.90. The van der Waals surface area contributed by atoms with Crippen molar-refractivity contribution in [2.45, 2.75) is 25.3 Å². The van der Waals surface area contributed by atoms with Gasteiger partial charge >= 0.3 is 0 Å². The number of nitrogens with zero attached hydrogens (tertiary/aromatic N) is 3. The van der Waals surface area contributed by atoms with Crippen LogP contribution in [0.15, 0.2) is 24.3 Å². The number of rotatable bonds is 1. The average Bonchev–Trinajstić information content (AvgIpc) is 2.75. The number of hydrogen-bond acceptors (Lipinski definition) is 4. The van der Waals surface area contributed by atoms with Gasteiger partial charge in [0, 0.05) is 6.04 Å². The summed E-state index contributed by atoms with van der Waals surface area (Å²) in [5.74, 6) is 0.193. The quantitative estimate of drug-likeness (QED) is 0.774. The molecule has 0 saturated heterocycles. The molecule has 0 bridgehead atoms. The minimum Gasteiger partial charge on any atom is -0.506 e. The summed E-state index contributed by atoms with van der Waals surface area (Å²) in [4.78, 5) is 0. The summed E-state index contributed by atoms with van der Waals surface area (Å²) >= 11 is 0. The molecular weight excluding hydrogens is 216 g/mol. The van der Waals surface area contributed by atoms with Gasteiger partial charge in [0.25, 0.3) is 0 Å². The highest BCUT2D eigenvalue weighted by Crippen LogP contribution is 2.30. The summed E-state index contributed by atoms with van der Waals surface area (Å²) in [6.45, 7) is 0. The molecule has 1 heterocycles. The van der Waals surface area contributed by atoms with Gasteiger partial charge in [0.2, 0.25) is 0 Å². The highest BCUT2D eigenvalue weighted by atomic mass is 16.3. The SMILES string of the molecule is NC1CCCc2nnn(-c3ccccc3O)c21. The molecule has 1 atom stereocenters. The maximum atomic E-state index is 9.84. The summed E-state index contributed by atoms with van der Waals surface area (Å²) in [7, 11) is 0. The predicted octanol–water partition coefficient (Wildman–Crippen LogP) is 1.31. The molecule has 0 amide bonds. The van der Waals surface area contributed by atoms with E-state index in [0.717, 1.165) is 30.7 Å². The number of para-hydroxylation sites is 2. The first-order chi connectivity index (χ1) is 8.27. The Bertz CT molecular complexity index is 549. The van der Waals surface area contributed by atoms with Gasteiger partial charge in [0.1, 0.15) is 11.4 Å². The Morgan fingerprint density at radius 1 is 1.35 bits per heavy atom. The van der Waals surface area contributed by atoms with Gasteiger partial charge in [-0.1, -0.05) is 17.3 Å². The maximum absolute atomic E-state index is 9.84. The molecule has 1 unspecified atom stereocenters. The van der Waals surface area contributed by atoms with E-state index in [2.05, 4.69) is 10.3 Å². The van der Waals surface area contributed by atoms with E-state index in [1.165, 1.54) is 0 Å². The molecule has 5 nitrogen and oxygen atoms in total. The molecular formula is C12H14N4O. The highest BCUT2D eigenvalue weighted by molar-refractivity contribution is 5.46. The Balaban J connectivity index is 2.17. The van der Waals surface area contributed by atoms with Crippen LogP contribution in [0, 0.1) is 0 Å². The Hall–Kier alpha value is -1.88. The van der Waals surface area contributed by atoms with Gasteiger partial charge < -0.3 is 10.8 Å². The number of aromatic hydroxyl groups is 1. The van der Waals surface area contributed by atoms with Crippen LogP contribution < -0.4 is 5.73 Å². The monoisotopic (exact) mass is 230 g/mol. The Labute approximate surface area is 98.9 Å². The van der Waals surface area contributed by atoms with Crippen molar-refractivity contribution in [2.75, 3.05) is 0 Å². The van der Waals surface area contributed by atoms with Gasteiger partial charge in [0.15, 0.2) is 0 Å². The average molecular weight is 230 g/mol. The molecule has 1 aromatic heterocycles. The van der Waals surface area contributed by atoms with Crippen LogP contribution in [0.25, 0.3) is 5.69 Å². The van der Waals surface area contributed by atoms with Crippen molar-refractivity contribution in [3.63, 3.8) is 0 Å². The Kier molecular flexibility index (Phi) is 2.33. The molecule has 0 fully saturated rings. The number of hydrogen-bond donors (Lipinski definition) is 2. The van der Waals surface area contributed by atoms with Gasteiger partial charge in [0.05, 0.1) is 11.4 Å². The Morgan fingerprint density at radius 2 is 2.18 bits per heavy atom. The van der Waals surface area contributed by atoms with Crippen LogP contribution in [-0.4, -0.2) is 20.1 Å². The van der Waals surface area contributed by atoms with Crippen LogP contribution >= 0.6 is 0 Å². The smallest absolute Gasteiger partial charge is 0.141 e. The number of aromatic nitrogens is 3. The van der Waals surface area contributed by atoms with E-state index in [1.54, 1.807) is 16.8 Å². The third kappa shape index (κ3) is 1.59. The molecule has 88 valence electrons. The molecule has 0 spiro atoms. The van der Waals surface area contributed by atoms with Crippen molar-refractivity contribution in [3.8, 4) is 11.4 Å². The van der Waals surface area contributed by atoms with Gasteiger partial charge in [-0.05, 0) is 31.4 Å². The molecule has 17 heavy (non-hydrogen) atoms.